The molecule has 1 fully saturated rings. The number of methoxy groups -OCH3 is 1. The molecule has 1 aliphatic rings. The van der Waals surface area contributed by atoms with Crippen LogP contribution in [-0.2, 0) is 9.53 Å². The van der Waals surface area contributed by atoms with Gasteiger partial charge in [0, 0.05) is 45.4 Å². The van der Waals surface area contributed by atoms with Crippen molar-refractivity contribution in [2.24, 2.45) is 0 Å². The summed E-state index contributed by atoms with van der Waals surface area (Å²) in [6, 6.07) is 13.3. The van der Waals surface area contributed by atoms with Crippen molar-refractivity contribution in [3.8, 4) is 5.75 Å². The van der Waals surface area contributed by atoms with Crippen LogP contribution in [-0.4, -0.2) is 42.1 Å². The number of likely N-dealkylation sites (tertiary alicyclic amines) is 1. The first-order chi connectivity index (χ1) is 11.8. The first kappa shape index (κ1) is 16.5. The van der Waals surface area contributed by atoms with Crippen molar-refractivity contribution in [3.63, 3.8) is 0 Å². The van der Waals surface area contributed by atoms with E-state index in [0.29, 0.717) is 13.1 Å². The first-order valence-electron chi connectivity index (χ1n) is 8.21. The third kappa shape index (κ3) is 3.92. The second-order valence-electron chi connectivity index (χ2n) is 5.85. The SMILES string of the molecule is CO[C@H](C(=O)N1CCC(Oc2ccncc2)CC1)c1ccccc1. The van der Waals surface area contributed by atoms with Gasteiger partial charge in [-0.1, -0.05) is 30.3 Å². The van der Waals surface area contributed by atoms with Gasteiger partial charge in [0.1, 0.15) is 11.9 Å². The quantitative estimate of drug-likeness (QED) is 0.848. The predicted molar refractivity (Wildman–Crippen MR) is 90.7 cm³/mol. The molecular weight excluding hydrogens is 304 g/mol. The fourth-order valence-electron chi connectivity index (χ4n) is 2.98. The lowest BCUT2D eigenvalue weighted by atomic mass is 10.0. The minimum Gasteiger partial charge on any atom is -0.490 e. The van der Waals surface area contributed by atoms with Crippen molar-refractivity contribution in [1.82, 2.24) is 9.88 Å². The lowest BCUT2D eigenvalue weighted by Gasteiger charge is -2.34. The Morgan fingerprint density at radius 3 is 2.42 bits per heavy atom. The number of carbonyl (C=O) groups is 1. The molecule has 2 heterocycles. The van der Waals surface area contributed by atoms with Crippen LogP contribution in [0.25, 0.3) is 0 Å². The number of nitrogens with zero attached hydrogens (tertiary/aromatic N) is 2. The van der Waals surface area contributed by atoms with Crippen molar-refractivity contribution in [2.75, 3.05) is 20.2 Å². The highest BCUT2D eigenvalue weighted by molar-refractivity contribution is 5.82. The van der Waals surface area contributed by atoms with Gasteiger partial charge in [-0.25, -0.2) is 0 Å². The fourth-order valence-corrected chi connectivity index (χ4v) is 2.98. The van der Waals surface area contributed by atoms with Gasteiger partial charge in [-0.2, -0.15) is 0 Å². The lowest BCUT2D eigenvalue weighted by Crippen LogP contribution is -2.44. The third-order valence-corrected chi connectivity index (χ3v) is 4.27. The van der Waals surface area contributed by atoms with Gasteiger partial charge in [0.05, 0.1) is 0 Å². The van der Waals surface area contributed by atoms with Crippen LogP contribution in [0.15, 0.2) is 54.9 Å². The first-order valence-corrected chi connectivity index (χ1v) is 8.21. The summed E-state index contributed by atoms with van der Waals surface area (Å²) in [5.74, 6) is 0.847. The molecule has 126 valence electrons. The fraction of sp³-hybridized carbons (Fsp3) is 0.368. The molecule has 3 rings (SSSR count). The minimum atomic E-state index is -0.538. The smallest absolute Gasteiger partial charge is 0.256 e. The Kier molecular flexibility index (Phi) is 5.43. The zero-order valence-corrected chi connectivity index (χ0v) is 13.8. The number of carbonyl (C=O) groups excluding carboxylic acids is 1. The van der Waals surface area contributed by atoms with E-state index in [2.05, 4.69) is 4.98 Å². The number of amides is 1. The zero-order chi connectivity index (χ0) is 16.8. The van der Waals surface area contributed by atoms with Crippen molar-refractivity contribution in [3.05, 3.63) is 60.4 Å². The van der Waals surface area contributed by atoms with Crippen molar-refractivity contribution in [1.29, 1.82) is 0 Å². The van der Waals surface area contributed by atoms with E-state index in [1.54, 1.807) is 19.5 Å². The van der Waals surface area contributed by atoms with Crippen molar-refractivity contribution >= 4 is 5.91 Å². The molecule has 1 aliphatic heterocycles. The predicted octanol–water partition coefficient (Wildman–Crippen LogP) is 2.84. The number of hydrogen-bond acceptors (Lipinski definition) is 4. The molecule has 0 radical (unpaired) electrons. The summed E-state index contributed by atoms with van der Waals surface area (Å²) in [7, 11) is 1.58. The summed E-state index contributed by atoms with van der Waals surface area (Å²) in [6.45, 7) is 1.36. The number of aromatic nitrogens is 1. The van der Waals surface area contributed by atoms with E-state index in [4.69, 9.17) is 9.47 Å². The molecule has 0 bridgehead atoms. The van der Waals surface area contributed by atoms with Crippen LogP contribution in [0.4, 0.5) is 0 Å². The molecule has 5 heteroatoms. The number of rotatable bonds is 5. The molecule has 0 saturated carbocycles. The van der Waals surface area contributed by atoms with Crippen LogP contribution < -0.4 is 4.74 Å². The molecule has 0 spiro atoms. The van der Waals surface area contributed by atoms with E-state index in [0.717, 1.165) is 24.2 Å². The standard InChI is InChI=1S/C19H22N2O3/c1-23-18(15-5-3-2-4-6-15)19(22)21-13-9-17(10-14-21)24-16-7-11-20-12-8-16/h2-8,11-12,17-18H,9-10,13-14H2,1H3/t18-/m0/s1. The number of piperidine rings is 1. The van der Waals surface area contributed by atoms with E-state index < -0.39 is 6.10 Å². The molecule has 1 amide bonds. The summed E-state index contributed by atoms with van der Waals surface area (Å²) in [4.78, 5) is 18.6. The Morgan fingerprint density at radius 1 is 1.12 bits per heavy atom. The Balaban J connectivity index is 1.56. The molecule has 1 atom stereocenters. The van der Waals surface area contributed by atoms with E-state index in [1.165, 1.54) is 0 Å². The highest BCUT2D eigenvalue weighted by Crippen LogP contribution is 2.23. The van der Waals surface area contributed by atoms with Crippen LogP contribution in [0.1, 0.15) is 24.5 Å². The molecule has 5 nitrogen and oxygen atoms in total. The normalized spacial score (nSPS) is 16.6. The average Bonchev–Trinajstić information content (AvgIpc) is 2.65. The number of hydrogen-bond donors (Lipinski definition) is 0. The molecule has 2 aromatic rings. The highest BCUT2D eigenvalue weighted by atomic mass is 16.5. The maximum absolute atomic E-state index is 12.7. The molecular formula is C19H22N2O3. The number of benzene rings is 1. The minimum absolute atomic E-state index is 0.0195. The van der Waals surface area contributed by atoms with E-state index in [9.17, 15) is 4.79 Å². The maximum atomic E-state index is 12.7. The number of pyridine rings is 1. The Hall–Kier alpha value is -2.40. The molecule has 1 aromatic heterocycles. The summed E-state index contributed by atoms with van der Waals surface area (Å²) in [5, 5.41) is 0. The largest absolute Gasteiger partial charge is 0.490 e. The monoisotopic (exact) mass is 326 g/mol. The summed E-state index contributed by atoms with van der Waals surface area (Å²) in [5.41, 5.74) is 0.889. The molecule has 0 unspecified atom stereocenters. The lowest BCUT2D eigenvalue weighted by molar-refractivity contribution is -0.144. The van der Waals surface area contributed by atoms with Gasteiger partial charge in [0.15, 0.2) is 6.10 Å². The zero-order valence-electron chi connectivity index (χ0n) is 13.8. The van der Waals surface area contributed by atoms with Crippen molar-refractivity contribution in [2.45, 2.75) is 25.0 Å². The van der Waals surface area contributed by atoms with E-state index in [1.807, 2.05) is 47.4 Å². The van der Waals surface area contributed by atoms with Gasteiger partial charge in [-0.05, 0) is 17.7 Å². The van der Waals surface area contributed by atoms with Gasteiger partial charge in [-0.15, -0.1) is 0 Å². The maximum Gasteiger partial charge on any atom is 0.256 e. The molecule has 24 heavy (non-hydrogen) atoms. The van der Waals surface area contributed by atoms with Gasteiger partial charge < -0.3 is 14.4 Å². The van der Waals surface area contributed by atoms with Crippen molar-refractivity contribution < 1.29 is 14.3 Å². The second-order valence-corrected chi connectivity index (χ2v) is 5.85. The Morgan fingerprint density at radius 2 is 1.79 bits per heavy atom. The second kappa shape index (κ2) is 7.93. The topological polar surface area (TPSA) is 51.7 Å². The third-order valence-electron chi connectivity index (χ3n) is 4.27. The van der Waals surface area contributed by atoms with Crippen LogP contribution in [0.3, 0.4) is 0 Å². The highest BCUT2D eigenvalue weighted by Gasteiger charge is 2.29. The summed E-state index contributed by atoms with van der Waals surface area (Å²) >= 11 is 0. The summed E-state index contributed by atoms with van der Waals surface area (Å²) < 4.78 is 11.4. The van der Waals surface area contributed by atoms with Crippen LogP contribution in [0.2, 0.25) is 0 Å². The molecule has 0 aliphatic carbocycles. The van der Waals surface area contributed by atoms with Crippen LogP contribution in [0, 0.1) is 0 Å². The number of ether oxygens (including phenoxy) is 2. The van der Waals surface area contributed by atoms with E-state index >= 15 is 0 Å². The van der Waals surface area contributed by atoms with Gasteiger partial charge in [-0.3, -0.25) is 9.78 Å². The van der Waals surface area contributed by atoms with Crippen LogP contribution >= 0.6 is 0 Å². The van der Waals surface area contributed by atoms with Gasteiger partial charge in [0.2, 0.25) is 0 Å². The van der Waals surface area contributed by atoms with E-state index in [-0.39, 0.29) is 12.0 Å². The molecule has 1 saturated heterocycles. The Labute approximate surface area is 142 Å². The van der Waals surface area contributed by atoms with Crippen LogP contribution in [0.5, 0.6) is 5.75 Å². The Bertz CT molecular complexity index is 640. The van der Waals surface area contributed by atoms with Gasteiger partial charge in [0.25, 0.3) is 5.91 Å². The molecule has 1 aromatic carbocycles. The average molecular weight is 326 g/mol. The van der Waals surface area contributed by atoms with Gasteiger partial charge >= 0.3 is 0 Å². The summed E-state index contributed by atoms with van der Waals surface area (Å²) in [6.07, 6.45) is 4.67. The molecule has 0 N–H and O–H groups in total.